The number of hydrogen-bond acceptors (Lipinski definition) is 4. The van der Waals surface area contributed by atoms with E-state index in [1.165, 1.54) is 12.8 Å². The molecule has 164 valence electrons. The number of nitrogens with zero attached hydrogens (tertiary/aromatic N) is 3. The molecule has 0 unspecified atom stereocenters. The average molecular weight is 423 g/mol. The number of H-pyrrole nitrogens is 1. The highest BCUT2D eigenvalue weighted by Gasteiger charge is 2.40. The predicted octanol–water partition coefficient (Wildman–Crippen LogP) is 2.99. The Kier molecular flexibility index (Phi) is 5.42. The van der Waals surface area contributed by atoms with E-state index in [1.54, 1.807) is 7.11 Å². The fourth-order valence-electron chi connectivity index (χ4n) is 5.20. The largest absolute Gasteiger partial charge is 0.496 e. The summed E-state index contributed by atoms with van der Waals surface area (Å²) < 4.78 is 5.40. The molecule has 2 saturated heterocycles. The number of rotatable bonds is 5. The lowest BCUT2D eigenvalue weighted by atomic mass is 9.83. The lowest BCUT2D eigenvalue weighted by Crippen LogP contribution is -2.56. The second kappa shape index (κ2) is 8.36. The highest BCUT2D eigenvalue weighted by molar-refractivity contribution is 5.92. The first-order valence-electron chi connectivity index (χ1n) is 11.4. The summed E-state index contributed by atoms with van der Waals surface area (Å²) in [5, 5.41) is 7.36. The van der Waals surface area contributed by atoms with Crippen LogP contribution in [0.2, 0.25) is 0 Å². The van der Waals surface area contributed by atoms with Crippen molar-refractivity contribution in [1.82, 2.24) is 20.0 Å². The molecule has 1 aliphatic carbocycles. The number of carbonyl (C=O) groups is 2. The first kappa shape index (κ1) is 20.1. The molecule has 2 atom stereocenters. The van der Waals surface area contributed by atoms with Crippen molar-refractivity contribution in [2.45, 2.75) is 50.5 Å². The number of methoxy groups -OCH3 is 1. The molecule has 7 nitrogen and oxygen atoms in total. The maximum atomic E-state index is 13.2. The Labute approximate surface area is 182 Å². The van der Waals surface area contributed by atoms with Crippen molar-refractivity contribution in [2.24, 2.45) is 5.92 Å². The molecule has 3 fully saturated rings. The number of benzene rings is 1. The number of para-hydroxylation sites is 1. The minimum absolute atomic E-state index is 0.0339. The summed E-state index contributed by atoms with van der Waals surface area (Å²) in [4.78, 5) is 30.2. The zero-order chi connectivity index (χ0) is 21.4. The van der Waals surface area contributed by atoms with Crippen molar-refractivity contribution >= 4 is 11.8 Å². The van der Waals surface area contributed by atoms with Crippen LogP contribution in [-0.2, 0) is 11.2 Å². The number of carbonyl (C=O) groups excluding carboxylic acids is 2. The van der Waals surface area contributed by atoms with E-state index in [4.69, 9.17) is 4.74 Å². The van der Waals surface area contributed by atoms with E-state index in [1.807, 2.05) is 40.1 Å². The molecule has 7 heteroatoms. The molecule has 3 aliphatic rings. The van der Waals surface area contributed by atoms with Crippen LogP contribution in [0.25, 0.3) is 0 Å². The van der Waals surface area contributed by atoms with Gasteiger partial charge in [-0.3, -0.25) is 14.7 Å². The van der Waals surface area contributed by atoms with Gasteiger partial charge in [0.2, 0.25) is 5.91 Å². The van der Waals surface area contributed by atoms with E-state index < -0.39 is 0 Å². The number of ether oxygens (including phenoxy) is 1. The standard InChI is InChI=1S/C24H30N4O3/c1-31-22-7-3-2-5-17(22)13-23(29)27-12-10-21-18(15-27)6-4-11-28(21)24(30)20-14-19(25-26-20)16-8-9-16/h2-3,5,7,14,16,18,21H,4,6,8-13,15H2,1H3,(H,25,26)/t18-,21-/m0/s1. The number of nitrogens with one attached hydrogen (secondary N) is 1. The summed E-state index contributed by atoms with van der Waals surface area (Å²) in [5.41, 5.74) is 2.55. The molecule has 31 heavy (non-hydrogen) atoms. The zero-order valence-electron chi connectivity index (χ0n) is 18.0. The minimum atomic E-state index is 0.0339. The number of aromatic amines is 1. The van der Waals surface area contributed by atoms with Gasteiger partial charge in [0.15, 0.2) is 0 Å². The lowest BCUT2D eigenvalue weighted by Gasteiger charge is -2.47. The van der Waals surface area contributed by atoms with Gasteiger partial charge in [-0.05, 0) is 50.2 Å². The van der Waals surface area contributed by atoms with Gasteiger partial charge in [-0.2, -0.15) is 5.10 Å². The van der Waals surface area contributed by atoms with Gasteiger partial charge in [-0.25, -0.2) is 0 Å². The Morgan fingerprint density at radius 3 is 2.81 bits per heavy atom. The molecule has 1 aromatic heterocycles. The van der Waals surface area contributed by atoms with Crippen molar-refractivity contribution in [3.8, 4) is 5.75 Å². The highest BCUT2D eigenvalue weighted by atomic mass is 16.5. The predicted molar refractivity (Wildman–Crippen MR) is 116 cm³/mol. The quantitative estimate of drug-likeness (QED) is 0.804. The molecule has 5 rings (SSSR count). The zero-order valence-corrected chi connectivity index (χ0v) is 18.0. The topological polar surface area (TPSA) is 78.5 Å². The van der Waals surface area contributed by atoms with Gasteiger partial charge in [0.25, 0.3) is 5.91 Å². The third kappa shape index (κ3) is 4.05. The third-order valence-corrected chi connectivity index (χ3v) is 7.05. The smallest absolute Gasteiger partial charge is 0.274 e. The molecule has 3 heterocycles. The monoisotopic (exact) mass is 422 g/mol. The second-order valence-corrected chi connectivity index (χ2v) is 9.07. The van der Waals surface area contributed by atoms with Crippen LogP contribution in [0.3, 0.4) is 0 Å². The van der Waals surface area contributed by atoms with Gasteiger partial charge in [0.05, 0.1) is 13.5 Å². The van der Waals surface area contributed by atoms with E-state index >= 15 is 0 Å². The van der Waals surface area contributed by atoms with Crippen LogP contribution in [0.5, 0.6) is 5.75 Å². The first-order chi connectivity index (χ1) is 15.1. The van der Waals surface area contributed by atoms with Crippen molar-refractivity contribution < 1.29 is 14.3 Å². The molecule has 1 aromatic carbocycles. The van der Waals surface area contributed by atoms with Crippen LogP contribution in [-0.4, -0.2) is 64.6 Å². The fraction of sp³-hybridized carbons (Fsp3) is 0.542. The number of likely N-dealkylation sites (tertiary alicyclic amines) is 2. The van der Waals surface area contributed by atoms with Crippen molar-refractivity contribution in [3.63, 3.8) is 0 Å². The Hall–Kier alpha value is -2.83. The van der Waals surface area contributed by atoms with E-state index in [0.29, 0.717) is 30.5 Å². The van der Waals surface area contributed by atoms with Crippen LogP contribution in [0, 0.1) is 5.92 Å². The van der Waals surface area contributed by atoms with Gasteiger partial charge in [-0.15, -0.1) is 0 Å². The Morgan fingerprint density at radius 1 is 1.16 bits per heavy atom. The van der Waals surface area contributed by atoms with E-state index in [9.17, 15) is 9.59 Å². The molecule has 0 spiro atoms. The molecule has 0 radical (unpaired) electrons. The van der Waals surface area contributed by atoms with Crippen LogP contribution in [0.1, 0.15) is 59.8 Å². The van der Waals surface area contributed by atoms with E-state index in [0.717, 1.165) is 49.4 Å². The van der Waals surface area contributed by atoms with Gasteiger partial charge >= 0.3 is 0 Å². The Morgan fingerprint density at radius 2 is 2.00 bits per heavy atom. The van der Waals surface area contributed by atoms with Crippen LogP contribution < -0.4 is 4.74 Å². The summed E-state index contributed by atoms with van der Waals surface area (Å²) in [7, 11) is 1.63. The molecular weight excluding hydrogens is 392 g/mol. The van der Waals surface area contributed by atoms with E-state index in [-0.39, 0.29) is 17.9 Å². The molecule has 2 aromatic rings. The maximum absolute atomic E-state index is 13.2. The molecule has 1 N–H and O–H groups in total. The molecule has 0 bridgehead atoms. The molecule has 2 amide bonds. The van der Waals surface area contributed by atoms with Crippen LogP contribution >= 0.6 is 0 Å². The van der Waals surface area contributed by atoms with Crippen molar-refractivity contribution in [2.75, 3.05) is 26.7 Å². The average Bonchev–Trinajstić information content (AvgIpc) is 3.54. The first-order valence-corrected chi connectivity index (χ1v) is 11.4. The number of piperidine rings is 2. The Balaban J connectivity index is 1.24. The third-order valence-electron chi connectivity index (χ3n) is 7.05. The molecule has 1 saturated carbocycles. The van der Waals surface area contributed by atoms with Gasteiger partial charge in [-0.1, -0.05) is 18.2 Å². The lowest BCUT2D eigenvalue weighted by molar-refractivity contribution is -0.133. The minimum Gasteiger partial charge on any atom is -0.496 e. The van der Waals surface area contributed by atoms with Crippen molar-refractivity contribution in [3.05, 3.63) is 47.3 Å². The molecule has 2 aliphatic heterocycles. The normalized spacial score (nSPS) is 23.4. The number of fused-ring (bicyclic) bond motifs is 1. The SMILES string of the molecule is COc1ccccc1CC(=O)N1CC[C@H]2[C@@H](CCCN2C(=O)c2cc(C3CC3)[nH]n2)C1. The summed E-state index contributed by atoms with van der Waals surface area (Å²) in [5.74, 6) is 1.81. The number of hydrogen-bond donors (Lipinski definition) is 1. The number of amides is 2. The number of aromatic nitrogens is 2. The van der Waals surface area contributed by atoms with Gasteiger partial charge in [0.1, 0.15) is 11.4 Å². The van der Waals surface area contributed by atoms with Crippen molar-refractivity contribution in [1.29, 1.82) is 0 Å². The highest BCUT2D eigenvalue weighted by Crippen LogP contribution is 2.39. The van der Waals surface area contributed by atoms with Gasteiger partial charge in [0, 0.05) is 42.9 Å². The molecular formula is C24H30N4O3. The summed E-state index contributed by atoms with van der Waals surface area (Å²) in [6.45, 7) is 2.18. The van der Waals surface area contributed by atoms with Crippen LogP contribution in [0.4, 0.5) is 0 Å². The fourth-order valence-corrected chi connectivity index (χ4v) is 5.20. The van der Waals surface area contributed by atoms with Gasteiger partial charge < -0.3 is 14.5 Å². The van der Waals surface area contributed by atoms with E-state index in [2.05, 4.69) is 10.2 Å². The van der Waals surface area contributed by atoms with Crippen LogP contribution in [0.15, 0.2) is 30.3 Å². The summed E-state index contributed by atoms with van der Waals surface area (Å²) >= 11 is 0. The second-order valence-electron chi connectivity index (χ2n) is 9.07. The summed E-state index contributed by atoms with van der Waals surface area (Å²) in [6.07, 6.45) is 5.57. The summed E-state index contributed by atoms with van der Waals surface area (Å²) in [6, 6.07) is 9.82. The Bertz CT molecular complexity index is 967. The maximum Gasteiger partial charge on any atom is 0.274 e.